The molecule has 3 heteroatoms. The molecule has 1 aromatic rings. The average Bonchev–Trinajstić information content (AvgIpc) is 2.29. The van der Waals surface area contributed by atoms with Gasteiger partial charge in [0.2, 0.25) is 0 Å². The topological polar surface area (TPSA) is 48.7 Å². The van der Waals surface area contributed by atoms with E-state index in [9.17, 15) is 0 Å². The molecule has 0 amide bonds. The first-order valence-electron chi connectivity index (χ1n) is 4.86. The largest absolute Gasteiger partial charge is 0.380 e. The molecular formula is C12H13N3. The van der Waals surface area contributed by atoms with Gasteiger partial charge in [-0.1, -0.05) is 6.92 Å². The van der Waals surface area contributed by atoms with Crippen LogP contribution in [-0.2, 0) is 0 Å². The minimum Gasteiger partial charge on any atom is -0.380 e. The summed E-state index contributed by atoms with van der Waals surface area (Å²) in [5.74, 6) is 2.63. The van der Waals surface area contributed by atoms with E-state index in [0.29, 0.717) is 12.1 Å². The van der Waals surface area contributed by atoms with Gasteiger partial charge in [0.15, 0.2) is 0 Å². The van der Waals surface area contributed by atoms with Gasteiger partial charge >= 0.3 is 0 Å². The van der Waals surface area contributed by atoms with Gasteiger partial charge in [-0.15, -0.1) is 12.3 Å². The second-order valence-electron chi connectivity index (χ2n) is 3.20. The zero-order valence-electron chi connectivity index (χ0n) is 8.70. The summed E-state index contributed by atoms with van der Waals surface area (Å²) in [4.78, 5) is 3.97. The van der Waals surface area contributed by atoms with Crippen LogP contribution in [0.1, 0.15) is 25.5 Å². The Morgan fingerprint density at radius 3 is 2.87 bits per heavy atom. The van der Waals surface area contributed by atoms with E-state index in [1.165, 1.54) is 0 Å². The minimum atomic E-state index is 0.268. The molecule has 0 aliphatic heterocycles. The summed E-state index contributed by atoms with van der Waals surface area (Å²) in [7, 11) is 0. The Bertz CT molecular complexity index is 381. The molecule has 0 aliphatic carbocycles. The number of nitriles is 1. The van der Waals surface area contributed by atoms with Crippen molar-refractivity contribution < 1.29 is 0 Å². The third-order valence-electron chi connectivity index (χ3n) is 2.11. The first-order valence-corrected chi connectivity index (χ1v) is 4.86. The van der Waals surface area contributed by atoms with Gasteiger partial charge in [-0.3, -0.25) is 0 Å². The summed E-state index contributed by atoms with van der Waals surface area (Å²) in [6.07, 6.45) is 8.56. The van der Waals surface area contributed by atoms with Crippen LogP contribution in [0.4, 0.5) is 5.69 Å². The predicted molar refractivity (Wildman–Crippen MR) is 60.1 cm³/mol. The van der Waals surface area contributed by atoms with E-state index in [-0.39, 0.29) is 6.04 Å². The highest BCUT2D eigenvalue weighted by Crippen LogP contribution is 2.10. The lowest BCUT2D eigenvalue weighted by atomic mass is 10.1. The van der Waals surface area contributed by atoms with Crippen molar-refractivity contribution in [2.24, 2.45) is 0 Å². The van der Waals surface area contributed by atoms with Crippen molar-refractivity contribution in [3.63, 3.8) is 0 Å². The van der Waals surface area contributed by atoms with Gasteiger partial charge in [-0.05, 0) is 18.6 Å². The zero-order chi connectivity index (χ0) is 11.1. The lowest BCUT2D eigenvalue weighted by molar-refractivity contribution is 0.715. The molecular weight excluding hydrogens is 186 g/mol. The van der Waals surface area contributed by atoms with E-state index in [2.05, 4.69) is 23.1 Å². The van der Waals surface area contributed by atoms with Crippen LogP contribution in [0.15, 0.2) is 18.3 Å². The molecule has 1 heterocycles. The summed E-state index contributed by atoms with van der Waals surface area (Å²) in [6, 6.07) is 5.77. The van der Waals surface area contributed by atoms with Gasteiger partial charge in [0.05, 0.1) is 11.9 Å². The molecule has 0 saturated carbocycles. The Kier molecular flexibility index (Phi) is 4.19. The van der Waals surface area contributed by atoms with E-state index < -0.39 is 0 Å². The molecule has 0 spiro atoms. The molecule has 1 rings (SSSR count). The van der Waals surface area contributed by atoms with Crippen LogP contribution in [0.5, 0.6) is 0 Å². The molecule has 1 atom stereocenters. The van der Waals surface area contributed by atoms with E-state index in [0.717, 1.165) is 12.1 Å². The molecule has 0 fully saturated rings. The molecule has 15 heavy (non-hydrogen) atoms. The highest BCUT2D eigenvalue weighted by atomic mass is 14.9. The van der Waals surface area contributed by atoms with Gasteiger partial charge < -0.3 is 5.32 Å². The van der Waals surface area contributed by atoms with Crippen LogP contribution in [0.3, 0.4) is 0 Å². The summed E-state index contributed by atoms with van der Waals surface area (Å²) < 4.78 is 0. The maximum absolute atomic E-state index is 8.58. The van der Waals surface area contributed by atoms with E-state index >= 15 is 0 Å². The second kappa shape index (κ2) is 5.67. The lowest BCUT2D eigenvalue weighted by Gasteiger charge is -2.14. The predicted octanol–water partition coefficient (Wildman–Crippen LogP) is 2.17. The number of nitrogens with one attached hydrogen (secondary N) is 1. The number of hydrogen-bond donors (Lipinski definition) is 1. The number of nitrogens with zero attached hydrogens (tertiary/aromatic N) is 2. The van der Waals surface area contributed by atoms with E-state index in [1.54, 1.807) is 12.3 Å². The normalized spacial score (nSPS) is 11.1. The van der Waals surface area contributed by atoms with Crippen LogP contribution in [0, 0.1) is 23.7 Å². The Labute approximate surface area is 90.1 Å². The van der Waals surface area contributed by atoms with Gasteiger partial charge in [0, 0.05) is 12.5 Å². The molecule has 0 aliphatic rings. The zero-order valence-corrected chi connectivity index (χ0v) is 8.70. The van der Waals surface area contributed by atoms with Crippen molar-refractivity contribution in [1.82, 2.24) is 4.98 Å². The Balaban J connectivity index is 2.64. The van der Waals surface area contributed by atoms with Crippen LogP contribution in [-0.4, -0.2) is 11.0 Å². The molecule has 0 saturated heterocycles. The van der Waals surface area contributed by atoms with Crippen LogP contribution in [0.25, 0.3) is 0 Å². The fraction of sp³-hybridized carbons (Fsp3) is 0.333. The maximum Gasteiger partial charge on any atom is 0.140 e. The quantitative estimate of drug-likeness (QED) is 0.756. The fourth-order valence-corrected chi connectivity index (χ4v) is 1.22. The van der Waals surface area contributed by atoms with Gasteiger partial charge in [-0.25, -0.2) is 4.98 Å². The molecule has 0 radical (unpaired) electrons. The summed E-state index contributed by atoms with van der Waals surface area (Å²) >= 11 is 0. The molecule has 1 unspecified atom stereocenters. The van der Waals surface area contributed by atoms with Gasteiger partial charge in [0.1, 0.15) is 11.8 Å². The first-order chi connectivity index (χ1) is 7.30. The smallest absolute Gasteiger partial charge is 0.140 e. The standard InChI is InChI=1S/C12H13N3/c1-3-5-10(4-2)15-12-7-6-11(8-13)14-9-12/h1,6-7,9-10,15H,4-5H2,2H3. The summed E-state index contributed by atoms with van der Waals surface area (Å²) in [5.41, 5.74) is 1.32. The van der Waals surface area contributed by atoms with E-state index in [1.807, 2.05) is 12.1 Å². The number of aromatic nitrogens is 1. The monoisotopic (exact) mass is 199 g/mol. The molecule has 1 aromatic heterocycles. The van der Waals surface area contributed by atoms with Crippen molar-refractivity contribution in [2.75, 3.05) is 5.32 Å². The van der Waals surface area contributed by atoms with Crippen LogP contribution >= 0.6 is 0 Å². The minimum absolute atomic E-state index is 0.268. The maximum atomic E-state index is 8.58. The fourth-order valence-electron chi connectivity index (χ4n) is 1.22. The van der Waals surface area contributed by atoms with Crippen molar-refractivity contribution in [1.29, 1.82) is 5.26 Å². The van der Waals surface area contributed by atoms with Crippen molar-refractivity contribution in [2.45, 2.75) is 25.8 Å². The van der Waals surface area contributed by atoms with Gasteiger partial charge in [-0.2, -0.15) is 5.26 Å². The van der Waals surface area contributed by atoms with Gasteiger partial charge in [0.25, 0.3) is 0 Å². The van der Waals surface area contributed by atoms with Crippen molar-refractivity contribution in [3.8, 4) is 18.4 Å². The Morgan fingerprint density at radius 2 is 2.40 bits per heavy atom. The van der Waals surface area contributed by atoms with Crippen LogP contribution < -0.4 is 5.32 Å². The van der Waals surface area contributed by atoms with E-state index in [4.69, 9.17) is 11.7 Å². The lowest BCUT2D eigenvalue weighted by Crippen LogP contribution is -2.17. The third-order valence-corrected chi connectivity index (χ3v) is 2.11. The third kappa shape index (κ3) is 3.32. The molecule has 3 nitrogen and oxygen atoms in total. The van der Waals surface area contributed by atoms with Crippen molar-refractivity contribution in [3.05, 3.63) is 24.0 Å². The second-order valence-corrected chi connectivity index (χ2v) is 3.20. The summed E-state index contributed by atoms with van der Waals surface area (Å²) in [6.45, 7) is 2.08. The molecule has 0 bridgehead atoms. The summed E-state index contributed by atoms with van der Waals surface area (Å²) in [5, 5.41) is 11.8. The number of terminal acetylenes is 1. The molecule has 76 valence electrons. The number of rotatable bonds is 4. The molecule has 1 N–H and O–H groups in total. The average molecular weight is 199 g/mol. The Hall–Kier alpha value is -2.00. The number of pyridine rings is 1. The number of hydrogen-bond acceptors (Lipinski definition) is 3. The first kappa shape index (κ1) is 11.1. The van der Waals surface area contributed by atoms with Crippen molar-refractivity contribution >= 4 is 5.69 Å². The number of anilines is 1. The SMILES string of the molecule is C#CCC(CC)Nc1ccc(C#N)nc1. The highest BCUT2D eigenvalue weighted by molar-refractivity contribution is 5.43. The molecule has 0 aromatic carbocycles. The highest BCUT2D eigenvalue weighted by Gasteiger charge is 2.04. The Morgan fingerprint density at radius 1 is 1.60 bits per heavy atom. The van der Waals surface area contributed by atoms with Crippen LogP contribution in [0.2, 0.25) is 0 Å².